The maximum Gasteiger partial charge on any atom is 0.224 e. The fourth-order valence-electron chi connectivity index (χ4n) is 2.75. The SMILES string of the molecule is CCNc1nc(C)cc(N2CCCC(CC)CC2)n1. The van der Waals surface area contributed by atoms with Gasteiger partial charge in [-0.15, -0.1) is 0 Å². The Kier molecular flexibility index (Phi) is 5.00. The highest BCUT2D eigenvalue weighted by Crippen LogP contribution is 2.24. The van der Waals surface area contributed by atoms with E-state index in [9.17, 15) is 0 Å². The zero-order valence-electron chi connectivity index (χ0n) is 12.4. The summed E-state index contributed by atoms with van der Waals surface area (Å²) in [5, 5.41) is 3.21. The van der Waals surface area contributed by atoms with Gasteiger partial charge in [0.05, 0.1) is 0 Å². The molecule has 1 aliphatic rings. The molecule has 1 fully saturated rings. The van der Waals surface area contributed by atoms with E-state index in [4.69, 9.17) is 0 Å². The molecule has 1 atom stereocenters. The first-order valence-electron chi connectivity index (χ1n) is 7.57. The van der Waals surface area contributed by atoms with Gasteiger partial charge in [-0.1, -0.05) is 13.3 Å². The molecule has 4 heteroatoms. The third kappa shape index (κ3) is 3.82. The van der Waals surface area contributed by atoms with Crippen LogP contribution in [0, 0.1) is 12.8 Å². The Hall–Kier alpha value is -1.32. The topological polar surface area (TPSA) is 41.1 Å². The number of nitrogens with one attached hydrogen (secondary N) is 1. The molecular weight excluding hydrogens is 236 g/mol. The van der Waals surface area contributed by atoms with E-state index in [1.165, 1.54) is 25.7 Å². The molecule has 1 saturated heterocycles. The molecule has 0 aromatic carbocycles. The number of rotatable bonds is 4. The lowest BCUT2D eigenvalue weighted by molar-refractivity contribution is 0.459. The molecule has 19 heavy (non-hydrogen) atoms. The first kappa shape index (κ1) is 14.1. The van der Waals surface area contributed by atoms with Crippen molar-refractivity contribution in [2.45, 2.75) is 46.5 Å². The molecule has 2 heterocycles. The smallest absolute Gasteiger partial charge is 0.224 e. The van der Waals surface area contributed by atoms with Gasteiger partial charge in [0.25, 0.3) is 0 Å². The maximum atomic E-state index is 4.64. The molecule has 0 spiro atoms. The lowest BCUT2D eigenvalue weighted by Gasteiger charge is -2.22. The van der Waals surface area contributed by atoms with Crippen molar-refractivity contribution in [2.75, 3.05) is 29.9 Å². The van der Waals surface area contributed by atoms with Gasteiger partial charge in [0.1, 0.15) is 5.82 Å². The molecule has 2 rings (SSSR count). The second-order valence-corrected chi connectivity index (χ2v) is 5.41. The molecule has 4 nitrogen and oxygen atoms in total. The largest absolute Gasteiger partial charge is 0.356 e. The molecule has 1 aromatic heterocycles. The third-order valence-electron chi connectivity index (χ3n) is 3.92. The summed E-state index contributed by atoms with van der Waals surface area (Å²) < 4.78 is 0. The Morgan fingerprint density at radius 2 is 2.11 bits per heavy atom. The predicted molar refractivity (Wildman–Crippen MR) is 80.8 cm³/mol. The van der Waals surface area contributed by atoms with Gasteiger partial charge in [-0.2, -0.15) is 4.98 Å². The second kappa shape index (κ2) is 6.73. The molecule has 1 N–H and O–H groups in total. The van der Waals surface area contributed by atoms with Gasteiger partial charge in [0, 0.05) is 31.4 Å². The first-order valence-corrected chi connectivity index (χ1v) is 7.57. The van der Waals surface area contributed by atoms with E-state index < -0.39 is 0 Å². The van der Waals surface area contributed by atoms with Crippen molar-refractivity contribution in [1.29, 1.82) is 0 Å². The fraction of sp³-hybridized carbons (Fsp3) is 0.733. The summed E-state index contributed by atoms with van der Waals surface area (Å²) in [6.07, 6.45) is 5.23. The molecule has 0 bridgehead atoms. The van der Waals surface area contributed by atoms with Crippen molar-refractivity contribution in [2.24, 2.45) is 5.92 Å². The van der Waals surface area contributed by atoms with Crippen LogP contribution in [-0.4, -0.2) is 29.6 Å². The standard InChI is InChI=1S/C15H26N4/c1-4-13-7-6-9-19(10-8-13)14-11-12(3)17-15(18-14)16-5-2/h11,13H,4-10H2,1-3H3,(H,16,17,18). The maximum absolute atomic E-state index is 4.64. The number of nitrogens with zero attached hydrogens (tertiary/aromatic N) is 3. The molecule has 1 aromatic rings. The number of anilines is 2. The van der Waals surface area contributed by atoms with Crippen molar-refractivity contribution < 1.29 is 0 Å². The van der Waals surface area contributed by atoms with E-state index >= 15 is 0 Å². The van der Waals surface area contributed by atoms with E-state index in [1.807, 2.05) is 6.92 Å². The summed E-state index contributed by atoms with van der Waals surface area (Å²) in [6, 6.07) is 2.10. The van der Waals surface area contributed by atoms with Crippen LogP contribution in [0.4, 0.5) is 11.8 Å². The van der Waals surface area contributed by atoms with Crippen LogP contribution in [0.3, 0.4) is 0 Å². The van der Waals surface area contributed by atoms with Crippen LogP contribution in [0.2, 0.25) is 0 Å². The van der Waals surface area contributed by atoms with E-state index in [1.54, 1.807) is 0 Å². The summed E-state index contributed by atoms with van der Waals surface area (Å²) in [4.78, 5) is 11.5. The zero-order chi connectivity index (χ0) is 13.7. The minimum atomic E-state index is 0.758. The molecule has 1 aliphatic heterocycles. The van der Waals surface area contributed by atoms with E-state index in [2.05, 4.69) is 40.1 Å². The molecule has 0 saturated carbocycles. The lowest BCUT2D eigenvalue weighted by Crippen LogP contribution is -2.26. The number of aryl methyl sites for hydroxylation is 1. The van der Waals surface area contributed by atoms with Gasteiger partial charge in [-0.3, -0.25) is 0 Å². The predicted octanol–water partition coefficient (Wildman–Crippen LogP) is 3.23. The second-order valence-electron chi connectivity index (χ2n) is 5.41. The number of hydrogen-bond donors (Lipinski definition) is 1. The Morgan fingerprint density at radius 1 is 1.26 bits per heavy atom. The molecular formula is C15H26N4. The normalized spacial score (nSPS) is 20.2. The minimum absolute atomic E-state index is 0.758. The van der Waals surface area contributed by atoms with Gasteiger partial charge in [0.2, 0.25) is 5.95 Å². The Morgan fingerprint density at radius 3 is 2.84 bits per heavy atom. The first-order chi connectivity index (χ1) is 9.22. The van der Waals surface area contributed by atoms with Gasteiger partial charge in [-0.25, -0.2) is 4.98 Å². The number of hydrogen-bond acceptors (Lipinski definition) is 4. The highest BCUT2D eigenvalue weighted by atomic mass is 15.2. The Labute approximate surface area is 116 Å². The quantitative estimate of drug-likeness (QED) is 0.904. The van der Waals surface area contributed by atoms with E-state index in [0.717, 1.165) is 43.0 Å². The Balaban J connectivity index is 2.12. The zero-order valence-corrected chi connectivity index (χ0v) is 12.4. The molecule has 1 unspecified atom stereocenters. The lowest BCUT2D eigenvalue weighted by atomic mass is 9.98. The van der Waals surface area contributed by atoms with Crippen molar-refractivity contribution in [3.63, 3.8) is 0 Å². The molecule has 0 aliphatic carbocycles. The van der Waals surface area contributed by atoms with Crippen LogP contribution in [0.25, 0.3) is 0 Å². The minimum Gasteiger partial charge on any atom is -0.356 e. The Bertz CT molecular complexity index is 405. The highest BCUT2D eigenvalue weighted by Gasteiger charge is 2.17. The van der Waals surface area contributed by atoms with Crippen molar-refractivity contribution in [3.8, 4) is 0 Å². The molecule has 0 radical (unpaired) electrons. The summed E-state index contributed by atoms with van der Waals surface area (Å²) in [6.45, 7) is 9.53. The van der Waals surface area contributed by atoms with Crippen LogP contribution < -0.4 is 10.2 Å². The van der Waals surface area contributed by atoms with Gasteiger partial charge in [-0.05, 0) is 39.0 Å². The summed E-state index contributed by atoms with van der Waals surface area (Å²) in [5.41, 5.74) is 1.04. The fourth-order valence-corrected chi connectivity index (χ4v) is 2.75. The van der Waals surface area contributed by atoms with Gasteiger partial charge < -0.3 is 10.2 Å². The van der Waals surface area contributed by atoms with Crippen molar-refractivity contribution >= 4 is 11.8 Å². The third-order valence-corrected chi connectivity index (χ3v) is 3.92. The van der Waals surface area contributed by atoms with Crippen LogP contribution in [0.1, 0.15) is 45.2 Å². The average molecular weight is 262 g/mol. The van der Waals surface area contributed by atoms with Crippen LogP contribution in [0.15, 0.2) is 6.07 Å². The summed E-state index contributed by atoms with van der Waals surface area (Å²) in [5.74, 6) is 2.73. The van der Waals surface area contributed by atoms with Crippen LogP contribution in [0.5, 0.6) is 0 Å². The van der Waals surface area contributed by atoms with E-state index in [0.29, 0.717) is 0 Å². The molecule has 106 valence electrons. The van der Waals surface area contributed by atoms with Crippen molar-refractivity contribution in [3.05, 3.63) is 11.8 Å². The highest BCUT2D eigenvalue weighted by molar-refractivity contribution is 5.44. The number of aromatic nitrogens is 2. The van der Waals surface area contributed by atoms with Gasteiger partial charge in [0.15, 0.2) is 0 Å². The average Bonchev–Trinajstić information content (AvgIpc) is 2.63. The van der Waals surface area contributed by atoms with Crippen LogP contribution in [-0.2, 0) is 0 Å². The van der Waals surface area contributed by atoms with Gasteiger partial charge >= 0.3 is 0 Å². The van der Waals surface area contributed by atoms with Crippen LogP contribution >= 0.6 is 0 Å². The monoisotopic (exact) mass is 262 g/mol. The van der Waals surface area contributed by atoms with E-state index in [-0.39, 0.29) is 0 Å². The molecule has 0 amide bonds. The van der Waals surface area contributed by atoms with Crippen molar-refractivity contribution in [1.82, 2.24) is 9.97 Å². The summed E-state index contributed by atoms with van der Waals surface area (Å²) in [7, 11) is 0. The summed E-state index contributed by atoms with van der Waals surface area (Å²) >= 11 is 0.